The van der Waals surface area contributed by atoms with Crippen molar-refractivity contribution in [1.82, 2.24) is 15.0 Å². The Morgan fingerprint density at radius 1 is 0.964 bits per heavy atom. The lowest BCUT2D eigenvalue weighted by Crippen LogP contribution is -2.30. The van der Waals surface area contributed by atoms with Crippen molar-refractivity contribution in [3.63, 3.8) is 0 Å². The molecule has 5 nitrogen and oxygen atoms in total. The van der Waals surface area contributed by atoms with Gasteiger partial charge in [-0.3, -0.25) is 14.8 Å². The van der Waals surface area contributed by atoms with Crippen LogP contribution in [0.1, 0.15) is 65.6 Å². The molecular formula is C23H25N3O2. The topological polar surface area (TPSA) is 78.6 Å². The van der Waals surface area contributed by atoms with Crippen LogP contribution < -0.4 is 11.2 Å². The molecule has 2 aromatic heterocycles. The first-order valence-corrected chi connectivity index (χ1v) is 9.92. The molecule has 2 N–H and O–H groups in total. The van der Waals surface area contributed by atoms with E-state index in [1.165, 1.54) is 5.56 Å². The van der Waals surface area contributed by atoms with Gasteiger partial charge in [0, 0.05) is 29.6 Å². The number of H-pyrrole nitrogens is 2. The van der Waals surface area contributed by atoms with Crippen LogP contribution in [0.25, 0.3) is 0 Å². The van der Waals surface area contributed by atoms with Crippen molar-refractivity contribution in [3.8, 4) is 0 Å². The summed E-state index contributed by atoms with van der Waals surface area (Å²) in [5.41, 5.74) is 4.13. The number of hydrogen-bond donors (Lipinski definition) is 2. The van der Waals surface area contributed by atoms with Crippen molar-refractivity contribution in [1.29, 1.82) is 0 Å². The second kappa shape index (κ2) is 7.97. The molecule has 144 valence electrons. The fourth-order valence-electron chi connectivity index (χ4n) is 4.41. The number of aromatic nitrogens is 3. The molecule has 0 spiro atoms. The number of aryl methyl sites for hydroxylation is 1. The van der Waals surface area contributed by atoms with Crippen molar-refractivity contribution < 1.29 is 0 Å². The van der Waals surface area contributed by atoms with E-state index >= 15 is 0 Å². The fourth-order valence-corrected chi connectivity index (χ4v) is 4.41. The number of aromatic amines is 2. The molecule has 0 amide bonds. The smallest absolute Gasteiger partial charge is 0.311 e. The highest BCUT2D eigenvalue weighted by Crippen LogP contribution is 2.40. The van der Waals surface area contributed by atoms with E-state index in [0.717, 1.165) is 42.6 Å². The van der Waals surface area contributed by atoms with Crippen molar-refractivity contribution >= 4 is 0 Å². The Balaban J connectivity index is 1.59. The third kappa shape index (κ3) is 3.98. The number of hydrogen-bond acceptors (Lipinski definition) is 3. The molecule has 3 aromatic rings. The Labute approximate surface area is 163 Å². The van der Waals surface area contributed by atoms with Gasteiger partial charge < -0.3 is 4.98 Å². The van der Waals surface area contributed by atoms with Crippen molar-refractivity contribution in [2.75, 3.05) is 0 Å². The predicted molar refractivity (Wildman–Crippen MR) is 110 cm³/mol. The lowest BCUT2D eigenvalue weighted by Gasteiger charge is -2.29. The Hall–Kier alpha value is -2.95. The van der Waals surface area contributed by atoms with E-state index in [9.17, 15) is 9.59 Å². The van der Waals surface area contributed by atoms with Gasteiger partial charge in [-0.15, -0.1) is 0 Å². The maximum atomic E-state index is 12.6. The first-order valence-electron chi connectivity index (χ1n) is 9.92. The zero-order valence-electron chi connectivity index (χ0n) is 16.1. The largest absolute Gasteiger partial charge is 0.325 e. The minimum atomic E-state index is -0.417. The van der Waals surface area contributed by atoms with E-state index < -0.39 is 5.69 Å². The van der Waals surface area contributed by atoms with Gasteiger partial charge in [0.05, 0.1) is 0 Å². The maximum absolute atomic E-state index is 12.6. The quantitative estimate of drug-likeness (QED) is 0.728. The SMILES string of the molecule is Cc1cc(Cc2c(=O)[nH]c(=O)[nH]c2[C@H]2CC[C@H](c3ccccc3)CC2)ccn1. The molecule has 0 saturated heterocycles. The van der Waals surface area contributed by atoms with Gasteiger partial charge in [0.2, 0.25) is 0 Å². The third-order valence-electron chi connectivity index (χ3n) is 5.82. The van der Waals surface area contributed by atoms with Crippen LogP contribution >= 0.6 is 0 Å². The lowest BCUT2D eigenvalue weighted by molar-refractivity contribution is 0.388. The van der Waals surface area contributed by atoms with E-state index in [1.54, 1.807) is 6.20 Å². The first kappa shape index (κ1) is 18.4. The molecule has 0 atom stereocenters. The molecule has 0 bridgehead atoms. The van der Waals surface area contributed by atoms with Gasteiger partial charge in [0.25, 0.3) is 5.56 Å². The normalized spacial score (nSPS) is 19.5. The highest BCUT2D eigenvalue weighted by molar-refractivity contribution is 5.30. The van der Waals surface area contributed by atoms with Crippen LogP contribution in [0, 0.1) is 6.92 Å². The van der Waals surface area contributed by atoms with Crippen molar-refractivity contribution in [2.45, 2.75) is 50.9 Å². The van der Waals surface area contributed by atoms with Gasteiger partial charge in [-0.05, 0) is 67.7 Å². The van der Waals surface area contributed by atoms with E-state index in [4.69, 9.17) is 0 Å². The summed E-state index contributed by atoms with van der Waals surface area (Å²) in [4.78, 5) is 34.1. The average molecular weight is 375 g/mol. The third-order valence-corrected chi connectivity index (χ3v) is 5.82. The standard InChI is InChI=1S/C23H25N3O2/c1-15-13-16(11-12-24-15)14-20-21(25-23(28)26-22(20)27)19-9-7-18(8-10-19)17-5-3-2-4-6-17/h2-6,11-13,18-19H,7-10,14H2,1H3,(H2,25,26,27,28)/t18-,19-. The molecule has 0 aliphatic heterocycles. The molecule has 2 heterocycles. The minimum Gasteiger partial charge on any atom is -0.311 e. The molecule has 1 fully saturated rings. The van der Waals surface area contributed by atoms with Gasteiger partial charge >= 0.3 is 5.69 Å². The van der Waals surface area contributed by atoms with Crippen molar-refractivity contribution in [3.05, 3.63) is 97.6 Å². The molecule has 1 aliphatic carbocycles. The number of nitrogens with one attached hydrogen (secondary N) is 2. The zero-order chi connectivity index (χ0) is 19.5. The molecule has 0 unspecified atom stereocenters. The van der Waals surface area contributed by atoms with Gasteiger partial charge in [-0.1, -0.05) is 30.3 Å². The molecular weight excluding hydrogens is 350 g/mol. The second-order valence-electron chi connectivity index (χ2n) is 7.74. The number of pyridine rings is 1. The monoisotopic (exact) mass is 375 g/mol. The number of benzene rings is 1. The van der Waals surface area contributed by atoms with E-state index in [1.807, 2.05) is 25.1 Å². The minimum absolute atomic E-state index is 0.216. The molecule has 28 heavy (non-hydrogen) atoms. The number of nitrogens with zero attached hydrogens (tertiary/aromatic N) is 1. The summed E-state index contributed by atoms with van der Waals surface area (Å²) in [6.07, 6.45) is 6.34. The Morgan fingerprint density at radius 2 is 1.68 bits per heavy atom. The van der Waals surface area contributed by atoms with Crippen LogP contribution in [-0.4, -0.2) is 15.0 Å². The molecule has 1 aliphatic rings. The van der Waals surface area contributed by atoms with Crippen LogP contribution in [0.2, 0.25) is 0 Å². The molecule has 1 aromatic carbocycles. The van der Waals surface area contributed by atoms with Crippen molar-refractivity contribution in [2.24, 2.45) is 0 Å². The summed E-state index contributed by atoms with van der Waals surface area (Å²) in [6.45, 7) is 1.94. The van der Waals surface area contributed by atoms with E-state index in [0.29, 0.717) is 17.9 Å². The first-order chi connectivity index (χ1) is 13.6. The molecule has 0 radical (unpaired) electrons. The Morgan fingerprint density at radius 3 is 2.39 bits per heavy atom. The summed E-state index contributed by atoms with van der Waals surface area (Å²) in [5.74, 6) is 0.769. The highest BCUT2D eigenvalue weighted by atomic mass is 16.2. The summed E-state index contributed by atoms with van der Waals surface area (Å²) in [7, 11) is 0. The Bertz CT molecular complexity index is 1060. The van der Waals surface area contributed by atoms with Gasteiger partial charge in [0.15, 0.2) is 0 Å². The van der Waals surface area contributed by atoms with Crippen LogP contribution in [0.15, 0.2) is 58.3 Å². The summed E-state index contributed by atoms with van der Waals surface area (Å²) in [5, 5.41) is 0. The van der Waals surface area contributed by atoms with E-state index in [-0.39, 0.29) is 11.5 Å². The lowest BCUT2D eigenvalue weighted by atomic mass is 9.76. The van der Waals surface area contributed by atoms with Gasteiger partial charge in [0.1, 0.15) is 0 Å². The fraction of sp³-hybridized carbons (Fsp3) is 0.348. The number of rotatable bonds is 4. The van der Waals surface area contributed by atoms with Crippen LogP contribution in [0.3, 0.4) is 0 Å². The summed E-state index contributed by atoms with van der Waals surface area (Å²) < 4.78 is 0. The highest BCUT2D eigenvalue weighted by Gasteiger charge is 2.26. The van der Waals surface area contributed by atoms with Gasteiger partial charge in [-0.2, -0.15) is 0 Å². The van der Waals surface area contributed by atoms with Gasteiger partial charge in [-0.25, -0.2) is 4.79 Å². The van der Waals surface area contributed by atoms with Crippen LogP contribution in [-0.2, 0) is 6.42 Å². The zero-order valence-corrected chi connectivity index (χ0v) is 16.1. The predicted octanol–water partition coefficient (Wildman–Crippen LogP) is 3.80. The molecule has 1 saturated carbocycles. The average Bonchev–Trinajstić information content (AvgIpc) is 2.71. The maximum Gasteiger partial charge on any atom is 0.325 e. The van der Waals surface area contributed by atoms with Crippen LogP contribution in [0.4, 0.5) is 0 Å². The summed E-state index contributed by atoms with van der Waals surface area (Å²) in [6, 6.07) is 14.5. The summed E-state index contributed by atoms with van der Waals surface area (Å²) >= 11 is 0. The molecule has 5 heteroatoms. The van der Waals surface area contributed by atoms with Crippen LogP contribution in [0.5, 0.6) is 0 Å². The molecule has 4 rings (SSSR count). The Kier molecular flexibility index (Phi) is 5.24. The second-order valence-corrected chi connectivity index (χ2v) is 7.74. The van der Waals surface area contributed by atoms with E-state index in [2.05, 4.69) is 39.2 Å².